The maximum absolute atomic E-state index is 13.6. The van der Waals surface area contributed by atoms with E-state index in [4.69, 9.17) is 0 Å². The first-order chi connectivity index (χ1) is 17.9. The molecule has 0 bridgehead atoms. The Kier molecular flexibility index (Phi) is 5.48. The van der Waals surface area contributed by atoms with Crippen molar-refractivity contribution >= 4 is 29.1 Å². The van der Waals surface area contributed by atoms with Crippen LogP contribution in [0.1, 0.15) is 61.6 Å². The third-order valence-corrected chi connectivity index (χ3v) is 7.54. The Morgan fingerprint density at radius 1 is 1.03 bits per heavy atom. The summed E-state index contributed by atoms with van der Waals surface area (Å²) in [6.45, 7) is 1.45. The number of benzene rings is 2. The van der Waals surface area contributed by atoms with Gasteiger partial charge in [0.2, 0.25) is 0 Å². The number of nitrogens with zero attached hydrogens (tertiary/aromatic N) is 4. The lowest BCUT2D eigenvalue weighted by Gasteiger charge is -2.39. The van der Waals surface area contributed by atoms with E-state index in [0.717, 1.165) is 16.7 Å². The molecule has 1 amide bonds. The maximum Gasteiger partial charge on any atom is 0.341 e. The van der Waals surface area contributed by atoms with Gasteiger partial charge in [-0.3, -0.25) is 9.59 Å². The fourth-order valence-corrected chi connectivity index (χ4v) is 5.57. The summed E-state index contributed by atoms with van der Waals surface area (Å²) in [7, 11) is 0. The molecular formula is C28H25N5O4. The molecule has 6 rings (SSSR count). The van der Waals surface area contributed by atoms with E-state index in [1.54, 1.807) is 11.0 Å². The third kappa shape index (κ3) is 3.92. The molecule has 1 saturated heterocycles. The van der Waals surface area contributed by atoms with Gasteiger partial charge < -0.3 is 15.3 Å². The number of anilines is 1. The highest BCUT2D eigenvalue weighted by molar-refractivity contribution is 6.02. The molecule has 1 spiro atoms. The summed E-state index contributed by atoms with van der Waals surface area (Å²) in [5.74, 6) is -0.784. The summed E-state index contributed by atoms with van der Waals surface area (Å²) >= 11 is 0. The van der Waals surface area contributed by atoms with Crippen molar-refractivity contribution in [3.8, 4) is 0 Å². The number of piperidine rings is 1. The molecule has 0 unspecified atom stereocenters. The number of rotatable bonds is 5. The van der Waals surface area contributed by atoms with Crippen molar-refractivity contribution in [3.05, 3.63) is 94.8 Å². The van der Waals surface area contributed by atoms with Crippen LogP contribution in [-0.4, -0.2) is 55.4 Å². The van der Waals surface area contributed by atoms with Gasteiger partial charge in [-0.05, 0) is 24.0 Å². The Hall–Kier alpha value is -4.53. The van der Waals surface area contributed by atoms with E-state index >= 15 is 0 Å². The normalized spacial score (nSPS) is 16.2. The van der Waals surface area contributed by atoms with Gasteiger partial charge in [-0.1, -0.05) is 54.6 Å². The van der Waals surface area contributed by atoms with Gasteiger partial charge in [-0.15, -0.1) is 0 Å². The van der Waals surface area contributed by atoms with Crippen molar-refractivity contribution in [1.82, 2.24) is 19.5 Å². The molecule has 2 aromatic carbocycles. The van der Waals surface area contributed by atoms with Gasteiger partial charge in [-0.2, -0.15) is 9.61 Å². The van der Waals surface area contributed by atoms with Gasteiger partial charge >= 0.3 is 5.97 Å². The van der Waals surface area contributed by atoms with E-state index in [1.807, 2.05) is 54.6 Å². The average Bonchev–Trinajstić information content (AvgIpc) is 3.47. The first-order valence-electron chi connectivity index (χ1n) is 12.3. The summed E-state index contributed by atoms with van der Waals surface area (Å²) in [6, 6.07) is 19.1. The minimum Gasteiger partial charge on any atom is -0.477 e. The van der Waals surface area contributed by atoms with Crippen LogP contribution in [0.2, 0.25) is 0 Å². The van der Waals surface area contributed by atoms with Crippen LogP contribution in [0.15, 0.2) is 66.9 Å². The Labute approximate surface area is 212 Å². The highest BCUT2D eigenvalue weighted by atomic mass is 16.4. The number of carboxylic acid groups (broad SMARTS) is 1. The predicted octanol–water partition coefficient (Wildman–Crippen LogP) is 3.80. The second-order valence-corrected chi connectivity index (χ2v) is 9.68. The number of fused-ring (bicyclic) bond motifs is 3. The molecule has 1 fully saturated rings. The van der Waals surface area contributed by atoms with Gasteiger partial charge in [0.05, 0.1) is 6.20 Å². The number of ketones is 1. The molecule has 4 aromatic rings. The average molecular weight is 496 g/mol. The maximum atomic E-state index is 13.6. The number of hydrogen-bond acceptors (Lipinski definition) is 6. The zero-order chi connectivity index (χ0) is 25.6. The highest BCUT2D eigenvalue weighted by Crippen LogP contribution is 2.46. The summed E-state index contributed by atoms with van der Waals surface area (Å²) < 4.78 is 1.41. The predicted molar refractivity (Wildman–Crippen MR) is 136 cm³/mol. The van der Waals surface area contributed by atoms with E-state index in [1.165, 1.54) is 10.7 Å². The Morgan fingerprint density at radius 2 is 1.76 bits per heavy atom. The number of aromatic carboxylic acids is 1. The quantitative estimate of drug-likeness (QED) is 0.433. The van der Waals surface area contributed by atoms with Crippen molar-refractivity contribution in [3.63, 3.8) is 0 Å². The molecule has 1 aliphatic carbocycles. The summed E-state index contributed by atoms with van der Waals surface area (Å²) in [5, 5.41) is 17.1. The minimum absolute atomic E-state index is 0.0731. The molecule has 0 saturated carbocycles. The Morgan fingerprint density at radius 3 is 2.51 bits per heavy atom. The van der Waals surface area contributed by atoms with Crippen LogP contribution in [-0.2, 0) is 12.0 Å². The molecular weight excluding hydrogens is 470 g/mol. The van der Waals surface area contributed by atoms with Crippen LogP contribution in [0, 0.1) is 0 Å². The Bertz CT molecular complexity index is 1540. The molecule has 186 valence electrons. The van der Waals surface area contributed by atoms with Crippen LogP contribution in [0.25, 0.3) is 5.65 Å². The Balaban J connectivity index is 1.28. The standard InChI is InChI=1S/C28H25N5O4/c34-23-15-28(21-9-5-4-8-19(21)23)10-12-32(13-11-28)26(35)22-14-24(29-16-18-6-2-1-3-7-18)33-25(31-22)20(17-30-33)27(36)37/h1-9,14,17,29H,10-13,15-16H2,(H,36,37). The molecule has 2 aliphatic rings. The number of carbonyl (C=O) groups is 3. The topological polar surface area (TPSA) is 117 Å². The molecule has 9 heteroatoms. The molecule has 1 aliphatic heterocycles. The molecule has 0 radical (unpaired) electrons. The van der Waals surface area contributed by atoms with Gasteiger partial charge in [0.15, 0.2) is 11.4 Å². The summed E-state index contributed by atoms with van der Waals surface area (Å²) in [4.78, 5) is 44.1. The van der Waals surface area contributed by atoms with E-state index in [9.17, 15) is 19.5 Å². The lowest BCUT2D eigenvalue weighted by atomic mass is 9.74. The highest BCUT2D eigenvalue weighted by Gasteiger charge is 2.45. The van der Waals surface area contributed by atoms with Crippen LogP contribution in [0.5, 0.6) is 0 Å². The molecule has 2 aromatic heterocycles. The largest absolute Gasteiger partial charge is 0.477 e. The van der Waals surface area contributed by atoms with E-state index in [-0.39, 0.29) is 34.0 Å². The van der Waals surface area contributed by atoms with Gasteiger partial charge in [0.25, 0.3) is 5.91 Å². The molecule has 3 heterocycles. The first kappa shape index (κ1) is 22.9. The lowest BCUT2D eigenvalue weighted by molar-refractivity contribution is 0.0651. The zero-order valence-corrected chi connectivity index (χ0v) is 20.1. The second-order valence-electron chi connectivity index (χ2n) is 9.68. The summed E-state index contributed by atoms with van der Waals surface area (Å²) in [5.41, 5.74) is 2.87. The number of Topliss-reactive ketones (excluding diaryl/α,β-unsaturated/α-hetero) is 1. The van der Waals surface area contributed by atoms with Crippen molar-refractivity contribution in [2.75, 3.05) is 18.4 Å². The van der Waals surface area contributed by atoms with Crippen LogP contribution >= 0.6 is 0 Å². The number of amides is 1. The molecule has 9 nitrogen and oxygen atoms in total. The zero-order valence-electron chi connectivity index (χ0n) is 20.1. The van der Waals surface area contributed by atoms with E-state index in [2.05, 4.69) is 15.4 Å². The minimum atomic E-state index is -1.16. The third-order valence-electron chi connectivity index (χ3n) is 7.54. The monoisotopic (exact) mass is 495 g/mol. The second kappa shape index (κ2) is 8.85. The van der Waals surface area contributed by atoms with Crippen LogP contribution < -0.4 is 5.32 Å². The van der Waals surface area contributed by atoms with Crippen molar-refractivity contribution < 1.29 is 19.5 Å². The first-order valence-corrected chi connectivity index (χ1v) is 12.3. The van der Waals surface area contributed by atoms with Gasteiger partial charge in [0.1, 0.15) is 17.1 Å². The van der Waals surface area contributed by atoms with Gasteiger partial charge in [-0.25, -0.2) is 9.78 Å². The number of carboxylic acids is 1. The number of aromatic nitrogens is 3. The SMILES string of the molecule is O=C1CC2(CCN(C(=O)c3cc(NCc4ccccc4)n4ncc(C(=O)O)c4n3)CC2)c2ccccc21. The number of nitrogens with one attached hydrogen (secondary N) is 1. The van der Waals surface area contributed by atoms with Crippen molar-refractivity contribution in [2.24, 2.45) is 0 Å². The fourth-order valence-electron chi connectivity index (χ4n) is 5.57. The molecule has 37 heavy (non-hydrogen) atoms. The molecule has 2 N–H and O–H groups in total. The fraction of sp³-hybridized carbons (Fsp3) is 0.250. The molecule has 0 atom stereocenters. The van der Waals surface area contributed by atoms with Crippen molar-refractivity contribution in [2.45, 2.75) is 31.2 Å². The smallest absolute Gasteiger partial charge is 0.341 e. The van der Waals surface area contributed by atoms with Gasteiger partial charge in [0, 0.05) is 43.1 Å². The van der Waals surface area contributed by atoms with E-state index < -0.39 is 5.97 Å². The van der Waals surface area contributed by atoms with E-state index in [0.29, 0.717) is 44.7 Å². The number of hydrogen-bond donors (Lipinski definition) is 2. The van der Waals surface area contributed by atoms with Crippen LogP contribution in [0.4, 0.5) is 5.82 Å². The van der Waals surface area contributed by atoms with Crippen molar-refractivity contribution in [1.29, 1.82) is 0 Å². The number of likely N-dealkylation sites (tertiary alicyclic amines) is 1. The lowest BCUT2D eigenvalue weighted by Crippen LogP contribution is -2.44. The summed E-state index contributed by atoms with van der Waals surface area (Å²) in [6.07, 6.45) is 3.10. The number of carbonyl (C=O) groups excluding carboxylic acids is 2. The van der Waals surface area contributed by atoms with Crippen LogP contribution in [0.3, 0.4) is 0 Å².